The standard InChI is InChI=1S/C26H34N2O4/c1-4-24(26(30)27-21-7-5-6-8-21)28(17-20-11-9-19(2)10-12-20)25(29)18-32-23-15-13-22(31-3)14-16-23/h9-16,21,24H,4-8,17-18H2,1-3H3,(H,27,30). The lowest BCUT2D eigenvalue weighted by Gasteiger charge is -2.31. The van der Waals surface area contributed by atoms with Gasteiger partial charge in [-0.3, -0.25) is 9.59 Å². The van der Waals surface area contributed by atoms with Crippen LogP contribution < -0.4 is 14.8 Å². The van der Waals surface area contributed by atoms with Crippen LogP contribution in [0, 0.1) is 6.92 Å². The second kappa shape index (κ2) is 11.6. The Morgan fingerprint density at radius 3 is 2.25 bits per heavy atom. The number of aryl methyl sites for hydroxylation is 1. The summed E-state index contributed by atoms with van der Waals surface area (Å²) in [6.07, 6.45) is 4.84. The van der Waals surface area contributed by atoms with Crippen LogP contribution in [0.2, 0.25) is 0 Å². The second-order valence-corrected chi connectivity index (χ2v) is 8.39. The molecule has 0 saturated heterocycles. The zero-order chi connectivity index (χ0) is 22.9. The minimum absolute atomic E-state index is 0.0793. The van der Waals surface area contributed by atoms with E-state index in [1.165, 1.54) is 0 Å². The first-order valence-corrected chi connectivity index (χ1v) is 11.4. The van der Waals surface area contributed by atoms with Crippen molar-refractivity contribution >= 4 is 11.8 Å². The van der Waals surface area contributed by atoms with Crippen LogP contribution in [0.5, 0.6) is 11.5 Å². The summed E-state index contributed by atoms with van der Waals surface area (Å²) in [7, 11) is 1.60. The molecule has 172 valence electrons. The Labute approximate surface area is 190 Å². The number of carbonyl (C=O) groups is 2. The van der Waals surface area contributed by atoms with Gasteiger partial charge in [0.05, 0.1) is 7.11 Å². The molecule has 0 spiro atoms. The largest absolute Gasteiger partial charge is 0.497 e. The Bertz CT molecular complexity index is 874. The predicted octanol–water partition coefficient (Wildman–Crippen LogP) is 4.25. The molecule has 1 atom stereocenters. The van der Waals surface area contributed by atoms with Gasteiger partial charge >= 0.3 is 0 Å². The maximum atomic E-state index is 13.2. The number of amides is 2. The molecule has 1 aliphatic carbocycles. The Kier molecular flexibility index (Phi) is 8.54. The summed E-state index contributed by atoms with van der Waals surface area (Å²) in [6, 6.07) is 14.8. The third-order valence-electron chi connectivity index (χ3n) is 5.98. The van der Waals surface area contributed by atoms with Crippen molar-refractivity contribution in [2.24, 2.45) is 0 Å². The lowest BCUT2D eigenvalue weighted by molar-refractivity contribution is -0.143. The van der Waals surface area contributed by atoms with E-state index in [4.69, 9.17) is 9.47 Å². The predicted molar refractivity (Wildman–Crippen MR) is 125 cm³/mol. The first-order chi connectivity index (χ1) is 15.5. The molecule has 32 heavy (non-hydrogen) atoms. The van der Waals surface area contributed by atoms with Gasteiger partial charge in [0, 0.05) is 12.6 Å². The number of hydrogen-bond donors (Lipinski definition) is 1. The third-order valence-corrected chi connectivity index (χ3v) is 5.98. The molecular formula is C26H34N2O4. The summed E-state index contributed by atoms with van der Waals surface area (Å²) in [4.78, 5) is 28.0. The number of carbonyl (C=O) groups excluding carboxylic acids is 2. The van der Waals surface area contributed by atoms with E-state index in [2.05, 4.69) is 5.32 Å². The zero-order valence-electron chi connectivity index (χ0n) is 19.3. The Morgan fingerprint density at radius 2 is 1.66 bits per heavy atom. The van der Waals surface area contributed by atoms with Crippen molar-refractivity contribution in [2.75, 3.05) is 13.7 Å². The van der Waals surface area contributed by atoms with E-state index in [0.29, 0.717) is 18.7 Å². The van der Waals surface area contributed by atoms with Gasteiger partial charge in [-0.15, -0.1) is 0 Å². The number of benzene rings is 2. The Hall–Kier alpha value is -3.02. The molecule has 6 nitrogen and oxygen atoms in total. The van der Waals surface area contributed by atoms with Crippen LogP contribution in [-0.2, 0) is 16.1 Å². The fourth-order valence-corrected chi connectivity index (χ4v) is 4.08. The van der Waals surface area contributed by atoms with E-state index in [-0.39, 0.29) is 24.5 Å². The van der Waals surface area contributed by atoms with Crippen molar-refractivity contribution < 1.29 is 19.1 Å². The van der Waals surface area contributed by atoms with Crippen LogP contribution >= 0.6 is 0 Å². The van der Waals surface area contributed by atoms with Gasteiger partial charge in [0.15, 0.2) is 6.61 Å². The number of ether oxygens (including phenoxy) is 2. The first-order valence-electron chi connectivity index (χ1n) is 11.4. The van der Waals surface area contributed by atoms with E-state index in [0.717, 1.165) is 42.6 Å². The Morgan fingerprint density at radius 1 is 1.03 bits per heavy atom. The van der Waals surface area contributed by atoms with Gasteiger partial charge in [0.25, 0.3) is 5.91 Å². The highest BCUT2D eigenvalue weighted by molar-refractivity contribution is 5.88. The second-order valence-electron chi connectivity index (χ2n) is 8.39. The molecule has 6 heteroatoms. The van der Waals surface area contributed by atoms with E-state index < -0.39 is 6.04 Å². The van der Waals surface area contributed by atoms with Crippen LogP contribution in [0.4, 0.5) is 0 Å². The minimum Gasteiger partial charge on any atom is -0.497 e. The monoisotopic (exact) mass is 438 g/mol. The highest BCUT2D eigenvalue weighted by Crippen LogP contribution is 2.20. The zero-order valence-corrected chi connectivity index (χ0v) is 19.3. The van der Waals surface area contributed by atoms with Crippen LogP contribution in [0.15, 0.2) is 48.5 Å². The van der Waals surface area contributed by atoms with Crippen molar-refractivity contribution in [1.82, 2.24) is 10.2 Å². The normalized spacial score (nSPS) is 14.6. The summed E-state index contributed by atoms with van der Waals surface area (Å²) >= 11 is 0. The van der Waals surface area contributed by atoms with Gasteiger partial charge in [0.2, 0.25) is 5.91 Å². The van der Waals surface area contributed by atoms with Gasteiger partial charge in [0.1, 0.15) is 17.5 Å². The number of rotatable bonds is 10. The average molecular weight is 439 g/mol. The average Bonchev–Trinajstić information content (AvgIpc) is 3.32. The van der Waals surface area contributed by atoms with E-state index >= 15 is 0 Å². The van der Waals surface area contributed by atoms with Crippen molar-refractivity contribution in [2.45, 2.75) is 64.6 Å². The van der Waals surface area contributed by atoms with Gasteiger partial charge in [-0.1, -0.05) is 49.6 Å². The van der Waals surface area contributed by atoms with Crippen molar-refractivity contribution in [3.8, 4) is 11.5 Å². The van der Waals surface area contributed by atoms with E-state index in [1.54, 1.807) is 36.3 Å². The fraction of sp³-hybridized carbons (Fsp3) is 0.462. The molecule has 1 saturated carbocycles. The van der Waals surface area contributed by atoms with E-state index in [9.17, 15) is 9.59 Å². The Balaban J connectivity index is 1.73. The molecule has 0 bridgehead atoms. The highest BCUT2D eigenvalue weighted by atomic mass is 16.5. The summed E-state index contributed by atoms with van der Waals surface area (Å²) in [5.41, 5.74) is 2.14. The number of hydrogen-bond acceptors (Lipinski definition) is 4. The number of nitrogens with zero attached hydrogens (tertiary/aromatic N) is 1. The molecule has 0 aliphatic heterocycles. The van der Waals surface area contributed by atoms with Gasteiger partial charge in [-0.25, -0.2) is 0 Å². The van der Waals surface area contributed by atoms with Crippen LogP contribution in [0.3, 0.4) is 0 Å². The van der Waals surface area contributed by atoms with E-state index in [1.807, 2.05) is 38.1 Å². The number of methoxy groups -OCH3 is 1. The molecule has 2 amide bonds. The van der Waals surface area contributed by atoms with Crippen LogP contribution in [-0.4, -0.2) is 42.5 Å². The molecule has 1 fully saturated rings. The van der Waals surface area contributed by atoms with Crippen molar-refractivity contribution in [1.29, 1.82) is 0 Å². The molecule has 0 radical (unpaired) electrons. The molecule has 1 N–H and O–H groups in total. The lowest BCUT2D eigenvalue weighted by Crippen LogP contribution is -2.52. The molecule has 1 unspecified atom stereocenters. The smallest absolute Gasteiger partial charge is 0.261 e. The maximum absolute atomic E-state index is 13.2. The lowest BCUT2D eigenvalue weighted by atomic mass is 10.1. The van der Waals surface area contributed by atoms with Crippen molar-refractivity contribution in [3.05, 3.63) is 59.7 Å². The minimum atomic E-state index is -0.538. The summed E-state index contributed by atoms with van der Waals surface area (Å²) in [5, 5.41) is 3.16. The molecule has 0 heterocycles. The third kappa shape index (κ3) is 6.49. The van der Waals surface area contributed by atoms with Crippen LogP contribution in [0.25, 0.3) is 0 Å². The summed E-state index contributed by atoms with van der Waals surface area (Å²) in [6.45, 7) is 4.20. The van der Waals surface area contributed by atoms with Gasteiger partial charge in [-0.05, 0) is 56.0 Å². The quantitative estimate of drug-likeness (QED) is 0.602. The van der Waals surface area contributed by atoms with Crippen molar-refractivity contribution in [3.63, 3.8) is 0 Å². The highest BCUT2D eigenvalue weighted by Gasteiger charge is 2.30. The SMILES string of the molecule is CCC(C(=O)NC1CCCC1)N(Cc1ccc(C)cc1)C(=O)COc1ccc(OC)cc1. The summed E-state index contributed by atoms with van der Waals surface area (Å²) < 4.78 is 10.9. The molecule has 3 rings (SSSR count). The van der Waals surface area contributed by atoms with Gasteiger partial charge < -0.3 is 19.7 Å². The topological polar surface area (TPSA) is 67.9 Å². The maximum Gasteiger partial charge on any atom is 0.261 e. The first kappa shape index (κ1) is 23.6. The molecular weight excluding hydrogens is 404 g/mol. The molecule has 2 aromatic carbocycles. The fourth-order valence-electron chi connectivity index (χ4n) is 4.08. The number of nitrogens with one attached hydrogen (secondary N) is 1. The van der Waals surface area contributed by atoms with Gasteiger partial charge in [-0.2, -0.15) is 0 Å². The molecule has 1 aliphatic rings. The molecule has 2 aromatic rings. The summed E-state index contributed by atoms with van der Waals surface area (Å²) in [5.74, 6) is 1.01. The molecule has 0 aromatic heterocycles. The van der Waals surface area contributed by atoms with Crippen LogP contribution in [0.1, 0.15) is 50.2 Å².